The minimum Gasteiger partial charge on any atom is -0.338 e. The van der Waals surface area contributed by atoms with E-state index < -0.39 is 26.6 Å². The molecule has 0 radical (unpaired) electrons. The highest BCUT2D eigenvalue weighted by molar-refractivity contribution is 7.89. The molecule has 26 heavy (non-hydrogen) atoms. The van der Waals surface area contributed by atoms with Crippen molar-refractivity contribution < 1.29 is 22.0 Å². The van der Waals surface area contributed by atoms with Gasteiger partial charge in [-0.05, 0) is 30.0 Å². The lowest BCUT2D eigenvalue weighted by Crippen LogP contribution is -2.53. The number of benzene rings is 1. The third kappa shape index (κ3) is 5.14. The summed E-state index contributed by atoms with van der Waals surface area (Å²) in [5, 5.41) is 2.82. The number of amides is 2. The Balaban J connectivity index is 1.95. The van der Waals surface area contributed by atoms with Crippen molar-refractivity contribution in [3.05, 3.63) is 29.8 Å². The molecule has 0 saturated carbocycles. The van der Waals surface area contributed by atoms with Gasteiger partial charge in [0.15, 0.2) is 0 Å². The molecule has 1 N–H and O–H groups in total. The molecule has 1 heterocycles. The van der Waals surface area contributed by atoms with E-state index in [1.165, 1.54) is 4.90 Å². The second kappa shape index (κ2) is 7.87. The minimum absolute atomic E-state index is 0.0327. The summed E-state index contributed by atoms with van der Waals surface area (Å²) in [6.45, 7) is 7.22. The number of nitrogens with zero attached hydrogens (tertiary/aromatic N) is 2. The normalized spacial score (nSPS) is 16.6. The average molecular weight is 389 g/mol. The van der Waals surface area contributed by atoms with E-state index in [1.807, 2.05) is 0 Å². The highest BCUT2D eigenvalue weighted by Gasteiger charge is 2.32. The summed E-state index contributed by atoms with van der Waals surface area (Å²) in [7, 11) is -4.14. The van der Waals surface area contributed by atoms with Crippen LogP contribution in [0.4, 0.5) is 13.6 Å². The van der Waals surface area contributed by atoms with Crippen LogP contribution in [0.25, 0.3) is 0 Å². The first-order valence-corrected chi connectivity index (χ1v) is 9.93. The van der Waals surface area contributed by atoms with Gasteiger partial charge in [-0.15, -0.1) is 0 Å². The van der Waals surface area contributed by atoms with E-state index in [-0.39, 0.29) is 37.6 Å². The Morgan fingerprint density at radius 1 is 1.15 bits per heavy atom. The van der Waals surface area contributed by atoms with Gasteiger partial charge in [-0.25, -0.2) is 22.0 Å². The number of piperazine rings is 1. The number of carbonyl (C=O) groups is 1. The number of rotatable bonds is 4. The van der Waals surface area contributed by atoms with Gasteiger partial charge in [0.25, 0.3) is 0 Å². The van der Waals surface area contributed by atoms with Crippen LogP contribution in [0, 0.1) is 17.0 Å². The molecule has 2 amide bonds. The van der Waals surface area contributed by atoms with Crippen molar-refractivity contribution in [3.8, 4) is 0 Å². The second-order valence-corrected chi connectivity index (χ2v) is 9.41. The molecule has 1 fully saturated rings. The number of hydrogen-bond acceptors (Lipinski definition) is 3. The first kappa shape index (κ1) is 20.6. The van der Waals surface area contributed by atoms with E-state index in [0.717, 1.165) is 22.9 Å². The molecule has 1 aromatic carbocycles. The Bertz CT molecular complexity index is 755. The van der Waals surface area contributed by atoms with Crippen molar-refractivity contribution in [3.63, 3.8) is 0 Å². The Labute approximate surface area is 153 Å². The second-order valence-electron chi connectivity index (χ2n) is 7.51. The highest BCUT2D eigenvalue weighted by atomic mass is 32.2. The molecule has 1 saturated heterocycles. The first-order chi connectivity index (χ1) is 12.0. The van der Waals surface area contributed by atoms with Crippen molar-refractivity contribution in [1.29, 1.82) is 0 Å². The van der Waals surface area contributed by atoms with E-state index in [2.05, 4.69) is 26.1 Å². The molecule has 146 valence electrons. The van der Waals surface area contributed by atoms with Gasteiger partial charge in [0.1, 0.15) is 16.5 Å². The number of halogens is 2. The maximum absolute atomic E-state index is 13.8. The van der Waals surface area contributed by atoms with E-state index in [9.17, 15) is 22.0 Å². The Hall–Kier alpha value is -1.74. The van der Waals surface area contributed by atoms with E-state index in [4.69, 9.17) is 0 Å². The number of hydrogen-bond donors (Lipinski definition) is 1. The summed E-state index contributed by atoms with van der Waals surface area (Å²) in [5.74, 6) is -1.81. The quantitative estimate of drug-likeness (QED) is 0.860. The molecule has 1 aliphatic heterocycles. The van der Waals surface area contributed by atoms with E-state index in [0.29, 0.717) is 12.6 Å². The number of urea groups is 1. The fraction of sp³-hybridized carbons (Fsp3) is 0.588. The van der Waals surface area contributed by atoms with Crippen molar-refractivity contribution in [2.24, 2.45) is 5.41 Å². The summed E-state index contributed by atoms with van der Waals surface area (Å²) in [6.07, 6.45) is 0.825. The van der Waals surface area contributed by atoms with Crippen LogP contribution < -0.4 is 5.32 Å². The van der Waals surface area contributed by atoms with Crippen LogP contribution >= 0.6 is 0 Å². The van der Waals surface area contributed by atoms with Crippen LogP contribution in [0.3, 0.4) is 0 Å². The fourth-order valence-electron chi connectivity index (χ4n) is 2.60. The third-order valence-electron chi connectivity index (χ3n) is 4.19. The maximum atomic E-state index is 13.8. The first-order valence-electron chi connectivity index (χ1n) is 8.49. The summed E-state index contributed by atoms with van der Waals surface area (Å²) in [6, 6.07) is 2.09. The van der Waals surface area contributed by atoms with Crippen molar-refractivity contribution in [2.45, 2.75) is 32.1 Å². The van der Waals surface area contributed by atoms with Gasteiger partial charge in [0.05, 0.1) is 0 Å². The fourth-order valence-corrected chi connectivity index (χ4v) is 4.10. The lowest BCUT2D eigenvalue weighted by molar-refractivity contribution is 0.171. The lowest BCUT2D eigenvalue weighted by atomic mass is 9.92. The Morgan fingerprint density at radius 3 is 2.35 bits per heavy atom. The highest BCUT2D eigenvalue weighted by Crippen LogP contribution is 2.22. The zero-order chi connectivity index (χ0) is 19.5. The monoisotopic (exact) mass is 389 g/mol. The van der Waals surface area contributed by atoms with Gasteiger partial charge in [0.2, 0.25) is 10.0 Å². The molecule has 2 rings (SSSR count). The van der Waals surface area contributed by atoms with Crippen LogP contribution in [-0.2, 0) is 10.0 Å². The van der Waals surface area contributed by atoms with Crippen LogP contribution in [0.5, 0.6) is 0 Å². The van der Waals surface area contributed by atoms with Gasteiger partial charge in [-0.3, -0.25) is 0 Å². The molecule has 0 spiro atoms. The van der Waals surface area contributed by atoms with Crippen LogP contribution in [0.15, 0.2) is 23.1 Å². The molecule has 9 heteroatoms. The summed E-state index contributed by atoms with van der Waals surface area (Å²) >= 11 is 0. The molecule has 0 aliphatic carbocycles. The standard InChI is InChI=1S/C17H25F2N3O3S/c1-17(2,3)6-7-20-16(23)21-8-10-22(11-9-21)26(24,25)15-12-13(18)4-5-14(15)19/h4-5,12H,6-11H2,1-3H3,(H,20,23). The number of nitrogens with one attached hydrogen (secondary N) is 1. The summed E-state index contributed by atoms with van der Waals surface area (Å²) < 4.78 is 53.2. The maximum Gasteiger partial charge on any atom is 0.317 e. The average Bonchev–Trinajstić information content (AvgIpc) is 2.56. The molecule has 0 atom stereocenters. The van der Waals surface area contributed by atoms with Crippen LogP contribution in [0.2, 0.25) is 0 Å². The summed E-state index contributed by atoms with van der Waals surface area (Å²) in [5.41, 5.74) is 0.106. The topological polar surface area (TPSA) is 69.7 Å². The molecule has 0 bridgehead atoms. The molecule has 1 aromatic rings. The van der Waals surface area contributed by atoms with Gasteiger partial charge in [-0.1, -0.05) is 20.8 Å². The largest absolute Gasteiger partial charge is 0.338 e. The molecule has 6 nitrogen and oxygen atoms in total. The van der Waals surface area contributed by atoms with Gasteiger partial charge >= 0.3 is 6.03 Å². The smallest absolute Gasteiger partial charge is 0.317 e. The molecule has 0 unspecified atom stereocenters. The van der Waals surface area contributed by atoms with Crippen molar-refractivity contribution >= 4 is 16.1 Å². The van der Waals surface area contributed by atoms with Gasteiger partial charge < -0.3 is 10.2 Å². The van der Waals surface area contributed by atoms with E-state index in [1.54, 1.807) is 0 Å². The molecule has 0 aromatic heterocycles. The molecular weight excluding hydrogens is 364 g/mol. The van der Waals surface area contributed by atoms with Crippen LogP contribution in [-0.4, -0.2) is 56.4 Å². The van der Waals surface area contributed by atoms with Gasteiger partial charge in [-0.2, -0.15) is 4.31 Å². The Kier molecular flexibility index (Phi) is 6.23. The number of sulfonamides is 1. The van der Waals surface area contributed by atoms with E-state index >= 15 is 0 Å². The predicted molar refractivity (Wildman–Crippen MR) is 94.2 cm³/mol. The third-order valence-corrected chi connectivity index (χ3v) is 6.10. The van der Waals surface area contributed by atoms with Gasteiger partial charge in [0, 0.05) is 32.7 Å². The molecular formula is C17H25F2N3O3S. The van der Waals surface area contributed by atoms with Crippen molar-refractivity contribution in [2.75, 3.05) is 32.7 Å². The number of carbonyl (C=O) groups excluding carboxylic acids is 1. The zero-order valence-corrected chi connectivity index (χ0v) is 16.1. The van der Waals surface area contributed by atoms with Crippen molar-refractivity contribution in [1.82, 2.24) is 14.5 Å². The molecule has 1 aliphatic rings. The SMILES string of the molecule is CC(C)(C)CCNC(=O)N1CCN(S(=O)(=O)c2cc(F)ccc2F)CC1. The lowest BCUT2D eigenvalue weighted by Gasteiger charge is -2.34. The Morgan fingerprint density at radius 2 is 1.77 bits per heavy atom. The zero-order valence-electron chi connectivity index (χ0n) is 15.3. The van der Waals surface area contributed by atoms with Crippen LogP contribution in [0.1, 0.15) is 27.2 Å². The summed E-state index contributed by atoms with van der Waals surface area (Å²) in [4.78, 5) is 13.0. The predicted octanol–water partition coefficient (Wildman–Crippen LogP) is 2.42. The minimum atomic E-state index is -4.14.